The Morgan fingerprint density at radius 2 is 2.35 bits per heavy atom. The molecule has 0 aliphatic carbocycles. The summed E-state index contributed by atoms with van der Waals surface area (Å²) in [5, 5.41) is 0. The van der Waals surface area contributed by atoms with Crippen molar-refractivity contribution in [3.8, 4) is 0 Å². The fourth-order valence-corrected chi connectivity index (χ4v) is 2.21. The molecule has 1 atom stereocenters. The molecule has 1 aliphatic heterocycles. The highest BCUT2D eigenvalue weighted by atomic mass is 79.9. The smallest absolute Gasteiger partial charge is 0.414 e. The molecule has 1 amide bonds. The maximum atomic E-state index is 11.7. The standard InChI is InChI=1S/C12H15BrN2O2/c1-8-6-9(2-3-11(8)13)15-10(4-5-14)7-17-12(15)16/h2-3,6,10H,4-5,7,14H2,1H3. The third kappa shape index (κ3) is 2.45. The number of rotatable bonds is 3. The second kappa shape index (κ2) is 5.06. The number of benzene rings is 1. The van der Waals surface area contributed by atoms with Crippen molar-refractivity contribution >= 4 is 27.7 Å². The highest BCUT2D eigenvalue weighted by Gasteiger charge is 2.33. The second-order valence-corrected chi connectivity index (χ2v) is 4.97. The molecule has 0 bridgehead atoms. The van der Waals surface area contributed by atoms with Gasteiger partial charge in [0.2, 0.25) is 0 Å². The van der Waals surface area contributed by atoms with Crippen LogP contribution in [-0.2, 0) is 4.74 Å². The summed E-state index contributed by atoms with van der Waals surface area (Å²) in [5.74, 6) is 0. The van der Waals surface area contributed by atoms with Crippen molar-refractivity contribution in [1.29, 1.82) is 0 Å². The van der Waals surface area contributed by atoms with Gasteiger partial charge in [0.15, 0.2) is 0 Å². The minimum absolute atomic E-state index is 0.0491. The molecule has 92 valence electrons. The molecule has 1 fully saturated rings. The van der Waals surface area contributed by atoms with Crippen LogP contribution in [0, 0.1) is 6.92 Å². The maximum absolute atomic E-state index is 11.7. The van der Waals surface area contributed by atoms with Crippen molar-refractivity contribution in [2.75, 3.05) is 18.1 Å². The molecule has 2 N–H and O–H groups in total. The summed E-state index contributed by atoms with van der Waals surface area (Å²) in [6.45, 7) is 2.96. The van der Waals surface area contributed by atoms with Crippen molar-refractivity contribution in [3.63, 3.8) is 0 Å². The SMILES string of the molecule is Cc1cc(N2C(=O)OCC2CCN)ccc1Br. The van der Waals surface area contributed by atoms with E-state index in [1.807, 2.05) is 25.1 Å². The van der Waals surface area contributed by atoms with Crippen LogP contribution in [0.2, 0.25) is 0 Å². The van der Waals surface area contributed by atoms with E-state index < -0.39 is 0 Å². The van der Waals surface area contributed by atoms with Crippen LogP contribution in [-0.4, -0.2) is 25.3 Å². The van der Waals surface area contributed by atoms with Crippen molar-refractivity contribution in [2.45, 2.75) is 19.4 Å². The zero-order valence-corrected chi connectivity index (χ0v) is 11.2. The number of halogens is 1. The lowest BCUT2D eigenvalue weighted by Gasteiger charge is -2.21. The van der Waals surface area contributed by atoms with Gasteiger partial charge >= 0.3 is 6.09 Å². The van der Waals surface area contributed by atoms with Gasteiger partial charge in [-0.25, -0.2) is 4.79 Å². The minimum Gasteiger partial charge on any atom is -0.447 e. The number of nitrogens with zero attached hydrogens (tertiary/aromatic N) is 1. The topological polar surface area (TPSA) is 55.6 Å². The summed E-state index contributed by atoms with van der Waals surface area (Å²) in [7, 11) is 0. The quantitative estimate of drug-likeness (QED) is 0.932. The van der Waals surface area contributed by atoms with Crippen molar-refractivity contribution < 1.29 is 9.53 Å². The molecule has 17 heavy (non-hydrogen) atoms. The van der Waals surface area contributed by atoms with Gasteiger partial charge in [-0.15, -0.1) is 0 Å². The Morgan fingerprint density at radius 1 is 1.59 bits per heavy atom. The van der Waals surface area contributed by atoms with Crippen LogP contribution >= 0.6 is 15.9 Å². The zero-order valence-electron chi connectivity index (χ0n) is 9.65. The van der Waals surface area contributed by atoms with Gasteiger partial charge in [-0.05, 0) is 43.7 Å². The van der Waals surface area contributed by atoms with Gasteiger partial charge in [-0.3, -0.25) is 4.90 Å². The fourth-order valence-electron chi connectivity index (χ4n) is 1.96. The number of carbonyl (C=O) groups excluding carboxylic acids is 1. The normalized spacial score (nSPS) is 19.6. The molecule has 0 aromatic heterocycles. The highest BCUT2D eigenvalue weighted by Crippen LogP contribution is 2.28. The Labute approximate surface area is 109 Å². The molecule has 1 heterocycles. The average Bonchev–Trinajstić information content (AvgIpc) is 2.65. The number of amides is 1. The third-order valence-corrected chi connectivity index (χ3v) is 3.77. The van der Waals surface area contributed by atoms with Crippen LogP contribution in [0.15, 0.2) is 22.7 Å². The maximum Gasteiger partial charge on any atom is 0.414 e. The molecular formula is C12H15BrN2O2. The van der Waals surface area contributed by atoms with E-state index in [4.69, 9.17) is 10.5 Å². The van der Waals surface area contributed by atoms with Crippen LogP contribution in [0.1, 0.15) is 12.0 Å². The van der Waals surface area contributed by atoms with E-state index in [1.165, 1.54) is 0 Å². The fraction of sp³-hybridized carbons (Fsp3) is 0.417. The lowest BCUT2D eigenvalue weighted by molar-refractivity contribution is 0.178. The molecule has 1 aromatic rings. The Balaban J connectivity index is 2.29. The van der Waals surface area contributed by atoms with Crippen molar-refractivity contribution in [1.82, 2.24) is 0 Å². The average molecular weight is 299 g/mol. The predicted octanol–water partition coefficient (Wildman–Crippen LogP) is 2.43. The second-order valence-electron chi connectivity index (χ2n) is 4.11. The number of hydrogen-bond donors (Lipinski definition) is 1. The van der Waals surface area contributed by atoms with Crippen molar-refractivity contribution in [3.05, 3.63) is 28.2 Å². The Morgan fingerprint density at radius 3 is 3.00 bits per heavy atom. The summed E-state index contributed by atoms with van der Waals surface area (Å²) in [5.41, 5.74) is 7.51. The van der Waals surface area contributed by atoms with Crippen LogP contribution in [0.4, 0.5) is 10.5 Å². The van der Waals surface area contributed by atoms with Gasteiger partial charge in [0, 0.05) is 10.2 Å². The molecule has 1 unspecified atom stereocenters. The van der Waals surface area contributed by atoms with Gasteiger partial charge in [0.05, 0.1) is 6.04 Å². The third-order valence-electron chi connectivity index (χ3n) is 2.88. The Bertz CT molecular complexity index is 437. The first-order valence-corrected chi connectivity index (χ1v) is 6.35. The number of aryl methyl sites for hydroxylation is 1. The Kier molecular flexibility index (Phi) is 3.69. The van der Waals surface area contributed by atoms with E-state index >= 15 is 0 Å². The van der Waals surface area contributed by atoms with Gasteiger partial charge in [-0.1, -0.05) is 15.9 Å². The Hall–Kier alpha value is -1.07. The van der Waals surface area contributed by atoms with Gasteiger partial charge < -0.3 is 10.5 Å². The van der Waals surface area contributed by atoms with E-state index in [9.17, 15) is 4.79 Å². The van der Waals surface area contributed by atoms with Crippen LogP contribution in [0.3, 0.4) is 0 Å². The van der Waals surface area contributed by atoms with Gasteiger partial charge in [0.1, 0.15) is 6.61 Å². The first-order chi connectivity index (χ1) is 8.13. The van der Waals surface area contributed by atoms with Crippen LogP contribution in [0.5, 0.6) is 0 Å². The minimum atomic E-state index is -0.287. The van der Waals surface area contributed by atoms with E-state index in [0.717, 1.165) is 22.1 Å². The predicted molar refractivity (Wildman–Crippen MR) is 70.2 cm³/mol. The molecule has 0 saturated carbocycles. The summed E-state index contributed by atoms with van der Waals surface area (Å²) in [6.07, 6.45) is 0.464. The lowest BCUT2D eigenvalue weighted by atomic mass is 10.1. The summed E-state index contributed by atoms with van der Waals surface area (Å²) in [6, 6.07) is 5.87. The number of cyclic esters (lactones) is 1. The highest BCUT2D eigenvalue weighted by molar-refractivity contribution is 9.10. The summed E-state index contributed by atoms with van der Waals surface area (Å²) >= 11 is 3.44. The molecule has 0 spiro atoms. The van der Waals surface area contributed by atoms with E-state index in [-0.39, 0.29) is 12.1 Å². The van der Waals surface area contributed by atoms with Gasteiger partial charge in [-0.2, -0.15) is 0 Å². The monoisotopic (exact) mass is 298 g/mol. The van der Waals surface area contributed by atoms with E-state index in [0.29, 0.717) is 13.2 Å². The summed E-state index contributed by atoms with van der Waals surface area (Å²) < 4.78 is 6.11. The molecule has 1 aromatic carbocycles. The first-order valence-electron chi connectivity index (χ1n) is 5.55. The van der Waals surface area contributed by atoms with E-state index in [2.05, 4.69) is 15.9 Å². The first kappa shape index (κ1) is 12.4. The number of anilines is 1. The lowest BCUT2D eigenvalue weighted by Crippen LogP contribution is -2.35. The van der Waals surface area contributed by atoms with E-state index in [1.54, 1.807) is 4.90 Å². The number of hydrogen-bond acceptors (Lipinski definition) is 3. The van der Waals surface area contributed by atoms with Crippen LogP contribution in [0.25, 0.3) is 0 Å². The molecule has 5 heteroatoms. The molecule has 2 rings (SSSR count). The summed E-state index contributed by atoms with van der Waals surface area (Å²) in [4.78, 5) is 13.4. The molecule has 0 radical (unpaired) electrons. The molecule has 4 nitrogen and oxygen atoms in total. The largest absolute Gasteiger partial charge is 0.447 e. The zero-order chi connectivity index (χ0) is 12.4. The van der Waals surface area contributed by atoms with Gasteiger partial charge in [0.25, 0.3) is 0 Å². The van der Waals surface area contributed by atoms with Crippen molar-refractivity contribution in [2.24, 2.45) is 5.73 Å². The molecular weight excluding hydrogens is 284 g/mol. The molecule has 1 aliphatic rings. The van der Waals surface area contributed by atoms with Crippen LogP contribution < -0.4 is 10.6 Å². The molecule has 1 saturated heterocycles. The number of nitrogens with two attached hydrogens (primary N) is 1. The number of carbonyl (C=O) groups is 1. The number of ether oxygens (including phenoxy) is 1.